The molecule has 282 valence electrons. The predicted molar refractivity (Wildman–Crippen MR) is 224 cm³/mol. The number of hydrogen-bond donors (Lipinski definition) is 0. The average molecular weight is 971 g/mol. The fourth-order valence-electron chi connectivity index (χ4n) is 6.95. The van der Waals surface area contributed by atoms with Crippen LogP contribution in [0.5, 0.6) is 34.5 Å². The van der Waals surface area contributed by atoms with Gasteiger partial charge in [-0.15, -0.1) is 0 Å². The van der Waals surface area contributed by atoms with Gasteiger partial charge in [-0.25, -0.2) is 0 Å². The number of unbranched alkanes of at least 4 members (excludes halogenated alkanes) is 6. The summed E-state index contributed by atoms with van der Waals surface area (Å²) in [5.41, 5.74) is 0. The molecule has 0 aliphatic carbocycles. The first-order chi connectivity index (χ1) is 25.6. The molecule has 4 aromatic carbocycles. The Hall–Kier alpha value is -1.46. The third-order valence-corrected chi connectivity index (χ3v) is 21.8. The first-order valence-corrected chi connectivity index (χ1v) is 29.3. The molecule has 3 heterocycles. The van der Waals surface area contributed by atoms with E-state index in [-0.39, 0.29) is 54.3 Å². The summed E-state index contributed by atoms with van der Waals surface area (Å²) in [5, 5.41) is 8.45. The summed E-state index contributed by atoms with van der Waals surface area (Å²) >= 11 is 0.349. The molecule has 0 amide bonds. The van der Waals surface area contributed by atoms with Crippen LogP contribution in [-0.2, 0) is 0 Å². The van der Waals surface area contributed by atoms with Crippen molar-refractivity contribution < 1.29 is 28.4 Å². The summed E-state index contributed by atoms with van der Waals surface area (Å²) in [6.45, 7) is 17.7. The first kappa shape index (κ1) is 38.8. The molecule has 3 aromatic heterocycles. The van der Waals surface area contributed by atoms with Gasteiger partial charge in [-0.3, -0.25) is 0 Å². The Morgan fingerprint density at radius 2 is 0.481 bits per heavy atom. The Labute approximate surface area is 330 Å². The number of hydrogen-bond acceptors (Lipinski definition) is 6. The van der Waals surface area contributed by atoms with Gasteiger partial charge >= 0.3 is 333 Å². The van der Waals surface area contributed by atoms with Gasteiger partial charge in [-0.05, 0) is 0 Å². The molecule has 0 unspecified atom stereocenters. The van der Waals surface area contributed by atoms with Crippen molar-refractivity contribution in [1.82, 2.24) is 0 Å². The van der Waals surface area contributed by atoms with Gasteiger partial charge in [0, 0.05) is 0 Å². The molecule has 7 aromatic rings. The van der Waals surface area contributed by atoms with Crippen LogP contribution in [0.2, 0.25) is 0 Å². The van der Waals surface area contributed by atoms with E-state index < -0.39 is 0 Å². The third-order valence-electron chi connectivity index (χ3n) is 9.80. The van der Waals surface area contributed by atoms with Crippen LogP contribution in [0.15, 0.2) is 0 Å². The monoisotopic (exact) mass is 974 g/mol. The van der Waals surface area contributed by atoms with Crippen molar-refractivity contribution in [1.29, 1.82) is 0 Å². The Morgan fingerprint density at radius 1 is 0.288 bits per heavy atom. The molecule has 52 heavy (non-hydrogen) atoms. The van der Waals surface area contributed by atoms with Gasteiger partial charge in [0.25, 0.3) is 0 Å². The van der Waals surface area contributed by atoms with Crippen LogP contribution >= 0.6 is 0 Å². The zero-order valence-corrected chi connectivity index (χ0v) is 38.7. The second-order valence-corrected chi connectivity index (χ2v) is 24.1. The zero-order chi connectivity index (χ0) is 36.2. The van der Waals surface area contributed by atoms with E-state index in [4.69, 9.17) is 28.4 Å². The fourth-order valence-corrected chi connectivity index (χ4v) is 20.2. The van der Waals surface area contributed by atoms with E-state index in [0.29, 0.717) is 26.4 Å². The molecule has 0 saturated heterocycles. The van der Waals surface area contributed by atoms with E-state index in [1.165, 1.54) is 57.9 Å². The SMILES string of the molecule is CCCCOc1c(OCCCC)c2[se]c3c(OCCCC)c(OCCCC)c4[se]c5c(OCCCC)c(OCCCC)c6[se][se]c1c1c6c5c4c3c21. The molecule has 0 spiro atoms. The van der Waals surface area contributed by atoms with Crippen molar-refractivity contribution >= 4 is 112 Å². The Kier molecular flexibility index (Phi) is 13.4. The fraction of sp³-hybridized carbons (Fsp3) is 0.571. The summed E-state index contributed by atoms with van der Waals surface area (Å²) in [6, 6.07) is 0. The van der Waals surface area contributed by atoms with E-state index in [9.17, 15) is 0 Å². The molecule has 6 nitrogen and oxygen atoms in total. The van der Waals surface area contributed by atoms with E-state index in [1.54, 1.807) is 0 Å². The van der Waals surface area contributed by atoms with Crippen molar-refractivity contribution in [3.05, 3.63) is 0 Å². The second kappa shape index (κ2) is 18.0. The summed E-state index contributed by atoms with van der Waals surface area (Å²) in [6.07, 6.45) is 12.8. The minimum atomic E-state index is -0.0297. The Bertz CT molecular complexity index is 2050. The van der Waals surface area contributed by atoms with E-state index in [0.717, 1.165) is 125 Å². The van der Waals surface area contributed by atoms with Crippen LogP contribution < -0.4 is 28.4 Å². The van der Waals surface area contributed by atoms with Crippen LogP contribution in [0.1, 0.15) is 119 Å². The third kappa shape index (κ3) is 6.96. The summed E-state index contributed by atoms with van der Waals surface area (Å²) in [5.74, 6) is 6.09. The van der Waals surface area contributed by atoms with Gasteiger partial charge in [0.2, 0.25) is 0 Å². The van der Waals surface area contributed by atoms with Crippen LogP contribution in [0, 0.1) is 0 Å². The number of rotatable bonds is 24. The minimum absolute atomic E-state index is 0.0297. The van der Waals surface area contributed by atoms with Gasteiger partial charge in [-0.1, -0.05) is 0 Å². The van der Waals surface area contributed by atoms with Crippen molar-refractivity contribution in [3.8, 4) is 34.5 Å². The quantitative estimate of drug-likeness (QED) is 0.0260. The van der Waals surface area contributed by atoms with E-state index >= 15 is 0 Å². The molecule has 0 aliphatic heterocycles. The zero-order valence-electron chi connectivity index (χ0n) is 31.8. The number of benzene rings is 4. The summed E-state index contributed by atoms with van der Waals surface area (Å²) in [4.78, 5) is 0. The molecule has 0 N–H and O–H groups in total. The van der Waals surface area contributed by atoms with Gasteiger partial charge in [0.1, 0.15) is 0 Å². The van der Waals surface area contributed by atoms with Crippen molar-refractivity contribution in [2.75, 3.05) is 39.6 Å². The molecular weight excluding hydrogens is 916 g/mol. The molecular formula is C42H54O6Se4. The standard InChI is InChI=1S/C42H54O6Se4/c1-7-13-19-43-31-32(44-20-14-8-2)38-26-25-27-29-30-28(26)40(50-38)34(46-22-16-10-4)36(48-24-18-12-6)42(30)52-51-41(29)35(47-23-17-11-5)33(45-21-15-9-3)39(27)49-37(25)31/h7-24H2,1-6H3. The van der Waals surface area contributed by atoms with Crippen molar-refractivity contribution in [3.63, 3.8) is 0 Å². The van der Waals surface area contributed by atoms with Gasteiger partial charge < -0.3 is 0 Å². The van der Waals surface area contributed by atoms with Crippen LogP contribution in [0.4, 0.5) is 0 Å². The molecule has 10 heteroatoms. The number of ether oxygens (including phenoxy) is 6. The van der Waals surface area contributed by atoms with Crippen LogP contribution in [0.3, 0.4) is 0 Å². The van der Waals surface area contributed by atoms with Crippen molar-refractivity contribution in [2.45, 2.75) is 119 Å². The molecule has 0 fully saturated rings. The molecule has 0 aliphatic rings. The van der Waals surface area contributed by atoms with E-state index in [2.05, 4.69) is 41.5 Å². The maximum absolute atomic E-state index is 6.92. The van der Waals surface area contributed by atoms with Gasteiger partial charge in [0.15, 0.2) is 0 Å². The Morgan fingerprint density at radius 3 is 0.692 bits per heavy atom. The maximum atomic E-state index is 6.92. The van der Waals surface area contributed by atoms with Gasteiger partial charge in [-0.2, -0.15) is 0 Å². The van der Waals surface area contributed by atoms with Gasteiger partial charge in [0.05, 0.1) is 0 Å². The summed E-state index contributed by atoms with van der Waals surface area (Å²) < 4.78 is 49.6. The van der Waals surface area contributed by atoms with Crippen molar-refractivity contribution in [2.24, 2.45) is 0 Å². The average Bonchev–Trinajstić information content (AvgIpc) is 3.74. The first-order valence-electron chi connectivity index (χ1n) is 19.8. The summed E-state index contributed by atoms with van der Waals surface area (Å²) in [7, 11) is 0. The topological polar surface area (TPSA) is 55.4 Å². The Balaban J connectivity index is 1.66. The molecule has 0 saturated carbocycles. The van der Waals surface area contributed by atoms with E-state index in [1.807, 2.05) is 0 Å². The molecule has 7 rings (SSSR count). The molecule has 0 bridgehead atoms. The predicted octanol–water partition coefficient (Wildman–Crippen LogP) is 10.8. The van der Waals surface area contributed by atoms with Crippen LogP contribution in [0.25, 0.3) is 57.9 Å². The molecule has 0 atom stereocenters. The molecule has 0 radical (unpaired) electrons. The normalized spacial score (nSPS) is 12.3. The second-order valence-electron chi connectivity index (χ2n) is 13.8. The van der Waals surface area contributed by atoms with Crippen LogP contribution in [-0.4, -0.2) is 93.9 Å².